The summed E-state index contributed by atoms with van der Waals surface area (Å²) in [5.41, 5.74) is 0. The van der Waals surface area contributed by atoms with E-state index in [0.717, 1.165) is 47.3 Å². The van der Waals surface area contributed by atoms with Crippen LogP contribution >= 0.6 is 0 Å². The molecule has 0 heterocycles. The Morgan fingerprint density at radius 3 is 1.00 bits per heavy atom. The van der Waals surface area contributed by atoms with Gasteiger partial charge < -0.3 is 9.47 Å². The van der Waals surface area contributed by atoms with Gasteiger partial charge in [-0.2, -0.15) is 0 Å². The molecule has 0 radical (unpaired) electrons. The average molecular weight is 571 g/mol. The highest BCUT2D eigenvalue weighted by Gasteiger charge is 2.08. The molecule has 3 nitrogen and oxygen atoms in total. The van der Waals surface area contributed by atoms with Crippen molar-refractivity contribution in [1.29, 1.82) is 0 Å². The zero-order chi connectivity index (χ0) is 28.5. The van der Waals surface area contributed by atoms with Gasteiger partial charge >= 0.3 is 0 Å². The molecule has 2 aromatic rings. The van der Waals surface area contributed by atoms with Gasteiger partial charge in [0.1, 0.15) is 11.5 Å². The van der Waals surface area contributed by atoms with E-state index >= 15 is 0 Å². The maximum absolute atomic E-state index is 13.0. The molecule has 226 valence electrons. The van der Waals surface area contributed by atoms with Crippen LogP contribution in [0.2, 0.25) is 0 Å². The summed E-state index contributed by atoms with van der Waals surface area (Å²) < 4.78 is 24.8. The summed E-state index contributed by atoms with van der Waals surface area (Å²) in [6.07, 6.45) is 26.5. The first-order chi connectivity index (χ1) is 19.7. The standard InChI is InChI=1S/C36H58O3S/c1-3-5-7-9-11-13-15-17-19-21-31-38-33-23-27-35(28-24-33)40(37)36-29-25-34(26-30-36)39-32-22-20-18-16-14-12-10-8-6-4-2/h23-30H,3-22,31-32H2,1-2H3. The highest BCUT2D eigenvalue weighted by molar-refractivity contribution is 7.85. The van der Waals surface area contributed by atoms with Gasteiger partial charge in [0.2, 0.25) is 0 Å². The predicted molar refractivity (Wildman–Crippen MR) is 172 cm³/mol. The smallest absolute Gasteiger partial charge is 0.119 e. The second-order valence-corrected chi connectivity index (χ2v) is 12.8. The fourth-order valence-electron chi connectivity index (χ4n) is 5.01. The number of rotatable bonds is 26. The summed E-state index contributed by atoms with van der Waals surface area (Å²) in [5.74, 6) is 1.71. The quantitative estimate of drug-likeness (QED) is 0.106. The van der Waals surface area contributed by atoms with E-state index in [-0.39, 0.29) is 0 Å². The van der Waals surface area contributed by atoms with Crippen molar-refractivity contribution in [3.8, 4) is 11.5 Å². The van der Waals surface area contributed by atoms with Crippen LogP contribution in [0.4, 0.5) is 0 Å². The van der Waals surface area contributed by atoms with Crippen molar-refractivity contribution in [3.63, 3.8) is 0 Å². The van der Waals surface area contributed by atoms with Gasteiger partial charge in [-0.1, -0.05) is 129 Å². The first kappa shape index (κ1) is 34.4. The van der Waals surface area contributed by atoms with Crippen molar-refractivity contribution in [2.45, 2.75) is 152 Å². The number of ether oxygens (including phenoxy) is 2. The van der Waals surface area contributed by atoms with E-state index in [9.17, 15) is 4.21 Å². The van der Waals surface area contributed by atoms with Crippen LogP contribution in [0.3, 0.4) is 0 Å². The number of hydrogen-bond acceptors (Lipinski definition) is 3. The topological polar surface area (TPSA) is 35.5 Å². The van der Waals surface area contributed by atoms with Crippen LogP contribution in [0.1, 0.15) is 142 Å². The van der Waals surface area contributed by atoms with Crippen LogP contribution in [0.25, 0.3) is 0 Å². The molecule has 2 aromatic carbocycles. The number of unbranched alkanes of at least 4 members (excludes halogenated alkanes) is 18. The molecule has 0 N–H and O–H groups in total. The van der Waals surface area contributed by atoms with Gasteiger partial charge in [-0.15, -0.1) is 0 Å². The van der Waals surface area contributed by atoms with Crippen molar-refractivity contribution in [2.24, 2.45) is 0 Å². The van der Waals surface area contributed by atoms with Gasteiger partial charge in [0.25, 0.3) is 0 Å². The molecule has 0 unspecified atom stereocenters. The van der Waals surface area contributed by atoms with E-state index in [1.807, 2.05) is 48.5 Å². The summed E-state index contributed by atoms with van der Waals surface area (Å²) in [7, 11) is -1.21. The van der Waals surface area contributed by atoms with E-state index < -0.39 is 10.8 Å². The molecule has 0 fully saturated rings. The van der Waals surface area contributed by atoms with Gasteiger partial charge in [0.15, 0.2) is 0 Å². The molecule has 4 heteroatoms. The molecule has 40 heavy (non-hydrogen) atoms. The number of hydrogen-bond donors (Lipinski definition) is 0. The van der Waals surface area contributed by atoms with E-state index in [1.54, 1.807) is 0 Å². The third-order valence-electron chi connectivity index (χ3n) is 7.61. The molecular formula is C36H58O3S. The van der Waals surface area contributed by atoms with Crippen LogP contribution in [0.15, 0.2) is 58.3 Å². The van der Waals surface area contributed by atoms with Crippen molar-refractivity contribution >= 4 is 10.8 Å². The maximum Gasteiger partial charge on any atom is 0.119 e. The Bertz CT molecular complexity index is 791. The number of benzene rings is 2. The third kappa shape index (κ3) is 16.5. The second kappa shape index (κ2) is 23.9. The molecule has 0 saturated heterocycles. The largest absolute Gasteiger partial charge is 0.494 e. The molecular weight excluding hydrogens is 512 g/mol. The van der Waals surface area contributed by atoms with E-state index in [2.05, 4.69) is 13.8 Å². The van der Waals surface area contributed by atoms with Crippen molar-refractivity contribution in [1.82, 2.24) is 0 Å². The van der Waals surface area contributed by atoms with Crippen molar-refractivity contribution in [3.05, 3.63) is 48.5 Å². The van der Waals surface area contributed by atoms with E-state index in [1.165, 1.54) is 116 Å². The van der Waals surface area contributed by atoms with Gasteiger partial charge in [0, 0.05) is 9.79 Å². The molecule has 0 spiro atoms. The highest BCUT2D eigenvalue weighted by atomic mass is 32.2. The lowest BCUT2D eigenvalue weighted by atomic mass is 10.1. The highest BCUT2D eigenvalue weighted by Crippen LogP contribution is 2.22. The fraction of sp³-hybridized carbons (Fsp3) is 0.667. The molecule has 0 atom stereocenters. The van der Waals surface area contributed by atoms with Crippen LogP contribution in [-0.2, 0) is 10.8 Å². The second-order valence-electron chi connectivity index (χ2n) is 11.3. The molecule has 0 aliphatic rings. The lowest BCUT2D eigenvalue weighted by molar-refractivity contribution is 0.304. The molecule has 0 saturated carbocycles. The average Bonchev–Trinajstić information content (AvgIpc) is 2.99. The van der Waals surface area contributed by atoms with Crippen molar-refractivity contribution < 1.29 is 13.7 Å². The van der Waals surface area contributed by atoms with Crippen LogP contribution in [0, 0.1) is 0 Å². The third-order valence-corrected chi connectivity index (χ3v) is 9.01. The fourth-order valence-corrected chi connectivity index (χ4v) is 6.05. The Hall–Kier alpha value is -1.81. The van der Waals surface area contributed by atoms with E-state index in [0.29, 0.717) is 0 Å². The summed E-state index contributed by atoms with van der Waals surface area (Å²) in [4.78, 5) is 1.59. The van der Waals surface area contributed by atoms with E-state index in [4.69, 9.17) is 9.47 Å². The Morgan fingerprint density at radius 2 is 0.700 bits per heavy atom. The summed E-state index contributed by atoms with van der Waals surface area (Å²) >= 11 is 0. The minimum atomic E-state index is -1.21. The first-order valence-corrected chi connectivity index (χ1v) is 17.8. The Kier molecular flexibility index (Phi) is 20.5. The molecule has 0 aliphatic carbocycles. The SMILES string of the molecule is CCCCCCCCCCCCOc1ccc(S(=O)c2ccc(OCCCCCCCCCCCC)cc2)cc1. The lowest BCUT2D eigenvalue weighted by Crippen LogP contribution is -1.99. The molecule has 0 aromatic heterocycles. The zero-order valence-electron chi connectivity index (χ0n) is 25.8. The Labute approximate surface area is 249 Å². The monoisotopic (exact) mass is 570 g/mol. The molecule has 0 amide bonds. The molecule has 2 rings (SSSR count). The summed E-state index contributed by atoms with van der Waals surface area (Å²) in [6, 6.07) is 15.4. The van der Waals surface area contributed by atoms with Crippen LogP contribution < -0.4 is 9.47 Å². The lowest BCUT2D eigenvalue weighted by Gasteiger charge is -2.09. The minimum absolute atomic E-state index is 0.750. The normalized spacial score (nSPS) is 11.3. The first-order valence-electron chi connectivity index (χ1n) is 16.6. The van der Waals surface area contributed by atoms with Gasteiger partial charge in [-0.3, -0.25) is 0 Å². The Morgan fingerprint density at radius 1 is 0.425 bits per heavy atom. The molecule has 0 aliphatic heterocycles. The van der Waals surface area contributed by atoms with Crippen LogP contribution in [-0.4, -0.2) is 17.4 Å². The molecule has 0 bridgehead atoms. The maximum atomic E-state index is 13.0. The Balaban J connectivity index is 1.54. The predicted octanol–water partition coefficient (Wildman–Crippen LogP) is 11.5. The van der Waals surface area contributed by atoms with Gasteiger partial charge in [-0.25, -0.2) is 4.21 Å². The van der Waals surface area contributed by atoms with Gasteiger partial charge in [-0.05, 0) is 61.4 Å². The summed E-state index contributed by atoms with van der Waals surface area (Å²) in [6.45, 7) is 6.04. The summed E-state index contributed by atoms with van der Waals surface area (Å²) in [5, 5.41) is 0. The van der Waals surface area contributed by atoms with Gasteiger partial charge in [0.05, 0.1) is 24.0 Å². The minimum Gasteiger partial charge on any atom is -0.494 e. The van der Waals surface area contributed by atoms with Crippen LogP contribution in [0.5, 0.6) is 11.5 Å². The van der Waals surface area contributed by atoms with Crippen molar-refractivity contribution in [2.75, 3.05) is 13.2 Å². The zero-order valence-corrected chi connectivity index (χ0v) is 26.6.